The fourth-order valence-corrected chi connectivity index (χ4v) is 6.43. The Morgan fingerprint density at radius 2 is 2.07 bits per heavy atom. The van der Waals surface area contributed by atoms with E-state index in [4.69, 9.17) is 14.5 Å². The number of aliphatic hydroxyl groups excluding tert-OH is 2. The number of aliphatic imine (C=N–C) groups is 1. The molecule has 8 atom stereocenters. The van der Waals surface area contributed by atoms with Gasteiger partial charge in [-0.2, -0.15) is 0 Å². The molecule has 5 aliphatic rings. The normalized spacial score (nSPS) is 49.4. The Labute approximate surface area is 171 Å². The van der Waals surface area contributed by atoms with E-state index in [0.29, 0.717) is 25.8 Å². The Bertz CT molecular complexity index is 790. The summed E-state index contributed by atoms with van der Waals surface area (Å²) in [6.07, 6.45) is 5.79. The lowest BCUT2D eigenvalue weighted by atomic mass is 9.59. The molecule has 29 heavy (non-hydrogen) atoms. The van der Waals surface area contributed by atoms with Crippen LogP contribution in [0.1, 0.15) is 51.9 Å². The summed E-state index contributed by atoms with van der Waals surface area (Å²) in [5, 5.41) is 22.0. The number of rotatable bonds is 1. The van der Waals surface area contributed by atoms with Gasteiger partial charge in [0.15, 0.2) is 11.6 Å². The molecule has 4 aliphatic heterocycles. The maximum atomic E-state index is 13.5. The summed E-state index contributed by atoms with van der Waals surface area (Å²) < 4.78 is 12.9. The zero-order chi connectivity index (χ0) is 20.4. The highest BCUT2D eigenvalue weighted by atomic mass is 16.7. The zero-order valence-electron chi connectivity index (χ0n) is 17.0. The molecule has 6 heteroatoms. The van der Waals surface area contributed by atoms with Crippen LogP contribution < -0.4 is 0 Å². The van der Waals surface area contributed by atoms with Gasteiger partial charge in [0, 0.05) is 36.4 Å². The van der Waals surface area contributed by atoms with Crippen molar-refractivity contribution in [2.45, 2.75) is 82.1 Å². The van der Waals surface area contributed by atoms with Crippen LogP contribution in [-0.4, -0.2) is 58.5 Å². The van der Waals surface area contributed by atoms with E-state index < -0.39 is 29.5 Å². The zero-order valence-corrected chi connectivity index (χ0v) is 17.0. The molecule has 0 radical (unpaired) electrons. The van der Waals surface area contributed by atoms with Crippen molar-refractivity contribution >= 4 is 11.5 Å². The fourth-order valence-electron chi connectivity index (χ4n) is 6.43. The Morgan fingerprint density at radius 1 is 1.24 bits per heavy atom. The first-order valence-corrected chi connectivity index (χ1v) is 11.0. The highest BCUT2D eigenvalue weighted by Gasteiger charge is 2.60. The number of hydrogen-bond donors (Lipinski definition) is 2. The van der Waals surface area contributed by atoms with E-state index in [-0.39, 0.29) is 23.7 Å². The summed E-state index contributed by atoms with van der Waals surface area (Å²) in [6.45, 7) is 6.59. The molecule has 3 bridgehead atoms. The van der Waals surface area contributed by atoms with Gasteiger partial charge in [-0.05, 0) is 38.0 Å². The summed E-state index contributed by atoms with van der Waals surface area (Å²) in [5.41, 5.74) is 1.49. The van der Waals surface area contributed by atoms with Crippen LogP contribution in [0, 0.1) is 17.3 Å². The van der Waals surface area contributed by atoms with Crippen LogP contribution in [0.5, 0.6) is 0 Å². The van der Waals surface area contributed by atoms with Crippen LogP contribution in [0.3, 0.4) is 0 Å². The van der Waals surface area contributed by atoms with Crippen LogP contribution in [0.15, 0.2) is 29.3 Å². The van der Waals surface area contributed by atoms with Gasteiger partial charge in [0.05, 0.1) is 12.2 Å². The van der Waals surface area contributed by atoms with Gasteiger partial charge >= 0.3 is 0 Å². The summed E-state index contributed by atoms with van der Waals surface area (Å²) in [7, 11) is 0. The van der Waals surface area contributed by atoms with Crippen LogP contribution in [0.4, 0.5) is 0 Å². The average Bonchev–Trinajstić information content (AvgIpc) is 3.31. The van der Waals surface area contributed by atoms with E-state index >= 15 is 0 Å². The number of carbonyl (C=O) groups is 1. The van der Waals surface area contributed by atoms with Crippen LogP contribution in [0.2, 0.25) is 0 Å². The number of ether oxygens (including phenoxy) is 2. The molecule has 4 heterocycles. The van der Waals surface area contributed by atoms with Gasteiger partial charge < -0.3 is 19.7 Å². The lowest BCUT2D eigenvalue weighted by Gasteiger charge is -2.49. The minimum Gasteiger partial charge on any atom is -0.387 e. The van der Waals surface area contributed by atoms with Crippen LogP contribution in [-0.2, 0) is 14.3 Å². The van der Waals surface area contributed by atoms with Crippen molar-refractivity contribution < 1.29 is 24.5 Å². The van der Waals surface area contributed by atoms with Crippen molar-refractivity contribution in [3.8, 4) is 0 Å². The predicted molar refractivity (Wildman–Crippen MR) is 107 cm³/mol. The van der Waals surface area contributed by atoms with E-state index in [1.54, 1.807) is 0 Å². The van der Waals surface area contributed by atoms with E-state index in [0.717, 1.165) is 37.0 Å². The second kappa shape index (κ2) is 6.84. The number of carbonyl (C=O) groups excluding carboxylic acids is 1. The molecule has 3 saturated heterocycles. The third-order valence-electron chi connectivity index (χ3n) is 8.01. The molecule has 0 amide bonds. The van der Waals surface area contributed by atoms with Gasteiger partial charge in [-0.15, -0.1) is 0 Å². The van der Waals surface area contributed by atoms with E-state index in [1.165, 1.54) is 0 Å². The van der Waals surface area contributed by atoms with E-state index in [9.17, 15) is 15.0 Å². The maximum absolute atomic E-state index is 13.5. The quantitative estimate of drug-likeness (QED) is 0.704. The minimum absolute atomic E-state index is 0.0486. The molecule has 1 unspecified atom stereocenters. The van der Waals surface area contributed by atoms with Crippen molar-refractivity contribution in [3.63, 3.8) is 0 Å². The molecule has 6 nitrogen and oxygen atoms in total. The van der Waals surface area contributed by atoms with Gasteiger partial charge in [0.1, 0.15) is 12.2 Å². The fraction of sp³-hybridized carbons (Fsp3) is 0.739. The monoisotopic (exact) mass is 401 g/mol. The van der Waals surface area contributed by atoms with Gasteiger partial charge in [0.25, 0.3) is 0 Å². The second-order valence-electron chi connectivity index (χ2n) is 9.64. The number of hydrogen-bond acceptors (Lipinski definition) is 6. The maximum Gasteiger partial charge on any atom is 0.190 e. The van der Waals surface area contributed by atoms with Crippen molar-refractivity contribution in [3.05, 3.63) is 24.3 Å². The predicted octanol–water partition coefficient (Wildman–Crippen LogP) is 2.33. The molecular weight excluding hydrogens is 370 g/mol. The highest BCUT2D eigenvalue weighted by molar-refractivity contribution is 5.98. The number of nitrogens with zero attached hydrogens (tertiary/aromatic N) is 1. The third-order valence-corrected chi connectivity index (χ3v) is 8.01. The molecule has 3 fully saturated rings. The average molecular weight is 402 g/mol. The number of ketones is 1. The third kappa shape index (κ3) is 2.91. The van der Waals surface area contributed by atoms with Crippen molar-refractivity contribution in [2.24, 2.45) is 22.2 Å². The molecule has 1 aliphatic carbocycles. The molecule has 5 rings (SSSR count). The van der Waals surface area contributed by atoms with E-state index in [1.807, 2.05) is 13.0 Å². The van der Waals surface area contributed by atoms with Gasteiger partial charge in [-0.3, -0.25) is 9.79 Å². The lowest BCUT2D eigenvalue weighted by molar-refractivity contribution is -0.268. The second-order valence-corrected chi connectivity index (χ2v) is 9.64. The van der Waals surface area contributed by atoms with Crippen LogP contribution >= 0.6 is 0 Å². The first-order valence-electron chi connectivity index (χ1n) is 11.0. The van der Waals surface area contributed by atoms with Crippen LogP contribution in [0.25, 0.3) is 0 Å². The van der Waals surface area contributed by atoms with Gasteiger partial charge in [-0.1, -0.05) is 31.2 Å². The van der Waals surface area contributed by atoms with Crippen molar-refractivity contribution in [1.82, 2.24) is 0 Å². The Balaban J connectivity index is 1.67. The Morgan fingerprint density at radius 3 is 2.86 bits per heavy atom. The summed E-state index contributed by atoms with van der Waals surface area (Å²) >= 11 is 0. The SMILES string of the molecule is C=CC1=C[C@@H]2[C@@H]3OC4(CC[C@H](O4)[C@@H](C)C[C@@H](O)C3=O)C[C@H](O)C3=NCC[C@@]32CC1. The molecule has 2 spiro atoms. The highest BCUT2D eigenvalue weighted by Crippen LogP contribution is 2.54. The van der Waals surface area contributed by atoms with Gasteiger partial charge in [-0.25, -0.2) is 0 Å². The molecule has 0 aromatic carbocycles. The Kier molecular flexibility index (Phi) is 4.63. The van der Waals surface area contributed by atoms with E-state index in [2.05, 4.69) is 12.7 Å². The summed E-state index contributed by atoms with van der Waals surface area (Å²) in [5.74, 6) is -1.50. The number of fused-ring (bicyclic) bond motifs is 3. The minimum atomic E-state index is -1.07. The molecule has 0 aromatic heterocycles. The first kappa shape index (κ1) is 19.6. The topological polar surface area (TPSA) is 88.3 Å². The smallest absolute Gasteiger partial charge is 0.190 e. The summed E-state index contributed by atoms with van der Waals surface area (Å²) in [4.78, 5) is 18.2. The largest absolute Gasteiger partial charge is 0.387 e. The molecular formula is C23H31NO5. The van der Waals surface area contributed by atoms with Crippen molar-refractivity contribution in [1.29, 1.82) is 0 Å². The summed E-state index contributed by atoms with van der Waals surface area (Å²) in [6, 6.07) is 0. The Hall–Kier alpha value is -1.34. The number of allylic oxidation sites excluding steroid dienone is 2. The lowest BCUT2D eigenvalue weighted by Crippen LogP contribution is -2.58. The molecule has 2 N–H and O–H groups in total. The van der Waals surface area contributed by atoms with Gasteiger partial charge in [0.2, 0.25) is 0 Å². The first-order chi connectivity index (χ1) is 13.9. The number of Topliss-reactive ketones (excluding diaryl/α,β-unsaturated/α-hetero) is 1. The molecule has 0 aromatic rings. The molecule has 0 saturated carbocycles. The standard InChI is InChI=1S/C23H31NO5/c1-3-14-4-6-22-8-9-24-21(22)17(26)12-23-7-5-18(28-23)13(2)10-16(25)19(27)20(29-23)15(22)11-14/h3,11,13,15-18,20,25-26H,1,4-10,12H2,2H3/t13-,15+,16+,17-,18-,20-,22+,23?/m0/s1. The van der Waals surface area contributed by atoms with Crippen molar-refractivity contribution in [2.75, 3.05) is 6.54 Å². The molecule has 158 valence electrons. The number of aliphatic hydroxyl groups is 2.